The van der Waals surface area contributed by atoms with Crippen molar-refractivity contribution < 1.29 is 14.3 Å². The van der Waals surface area contributed by atoms with Crippen LogP contribution < -0.4 is 15.0 Å². The standard InChI is InChI=1S/C23H22N2O3/c1-15-7-3-4-12-20(15)28-14-16(2)24-21(26)13-25-19-11-6-9-17-8-5-10-18(22(17)19)23(25)27/h3-12,16H,13-14H2,1-2H3,(H,24,26)/t16-/m0/s1. The molecule has 4 rings (SSSR count). The molecule has 5 nitrogen and oxygen atoms in total. The van der Waals surface area contributed by atoms with E-state index < -0.39 is 0 Å². The van der Waals surface area contributed by atoms with Crippen molar-refractivity contribution in [1.82, 2.24) is 5.32 Å². The largest absolute Gasteiger partial charge is 0.491 e. The lowest BCUT2D eigenvalue weighted by Gasteiger charge is -2.20. The van der Waals surface area contributed by atoms with Crippen LogP contribution in [0, 0.1) is 6.92 Å². The highest BCUT2D eigenvalue weighted by atomic mass is 16.5. The molecule has 1 N–H and O–H groups in total. The van der Waals surface area contributed by atoms with E-state index in [9.17, 15) is 9.59 Å². The van der Waals surface area contributed by atoms with Crippen molar-refractivity contribution in [2.45, 2.75) is 19.9 Å². The minimum absolute atomic E-state index is 0.0126. The maximum atomic E-state index is 12.8. The molecule has 0 unspecified atom stereocenters. The molecule has 2 amide bonds. The van der Waals surface area contributed by atoms with E-state index >= 15 is 0 Å². The molecule has 5 heteroatoms. The number of carbonyl (C=O) groups is 2. The topological polar surface area (TPSA) is 58.6 Å². The number of benzene rings is 3. The van der Waals surface area contributed by atoms with Gasteiger partial charge in [-0.2, -0.15) is 0 Å². The van der Waals surface area contributed by atoms with E-state index in [1.54, 1.807) is 4.90 Å². The minimum Gasteiger partial charge on any atom is -0.491 e. The second-order valence-corrected chi connectivity index (χ2v) is 7.12. The van der Waals surface area contributed by atoms with Crippen LogP contribution in [0.5, 0.6) is 5.75 Å². The van der Waals surface area contributed by atoms with Crippen molar-refractivity contribution in [2.75, 3.05) is 18.1 Å². The molecule has 3 aromatic rings. The number of nitrogens with zero attached hydrogens (tertiary/aromatic N) is 1. The Kier molecular flexibility index (Phi) is 4.74. The predicted molar refractivity (Wildman–Crippen MR) is 110 cm³/mol. The monoisotopic (exact) mass is 374 g/mol. The highest BCUT2D eigenvalue weighted by Crippen LogP contribution is 2.36. The van der Waals surface area contributed by atoms with Crippen LogP contribution in [-0.4, -0.2) is 31.0 Å². The summed E-state index contributed by atoms with van der Waals surface area (Å²) in [6.07, 6.45) is 0. The number of amides is 2. The third-order valence-corrected chi connectivity index (χ3v) is 4.94. The summed E-state index contributed by atoms with van der Waals surface area (Å²) in [4.78, 5) is 26.9. The Morgan fingerprint density at radius 1 is 1.07 bits per heavy atom. The number of aryl methyl sites for hydroxylation is 1. The number of hydrogen-bond donors (Lipinski definition) is 1. The molecule has 0 radical (unpaired) electrons. The van der Waals surface area contributed by atoms with Crippen molar-refractivity contribution in [3.05, 3.63) is 71.8 Å². The van der Waals surface area contributed by atoms with Crippen LogP contribution in [0.25, 0.3) is 10.8 Å². The van der Waals surface area contributed by atoms with E-state index in [4.69, 9.17) is 4.74 Å². The summed E-state index contributed by atoms with van der Waals surface area (Å²) in [6.45, 7) is 4.22. The summed E-state index contributed by atoms with van der Waals surface area (Å²) < 4.78 is 5.79. The molecule has 1 heterocycles. The van der Waals surface area contributed by atoms with Crippen molar-refractivity contribution in [3.63, 3.8) is 0 Å². The van der Waals surface area contributed by atoms with Gasteiger partial charge >= 0.3 is 0 Å². The minimum atomic E-state index is -0.209. The molecule has 142 valence electrons. The van der Waals surface area contributed by atoms with Crippen molar-refractivity contribution in [1.29, 1.82) is 0 Å². The van der Waals surface area contributed by atoms with E-state index in [2.05, 4.69) is 5.32 Å². The van der Waals surface area contributed by atoms with Gasteiger partial charge in [-0.15, -0.1) is 0 Å². The number of hydrogen-bond acceptors (Lipinski definition) is 3. The summed E-state index contributed by atoms with van der Waals surface area (Å²) in [5, 5.41) is 4.84. The summed E-state index contributed by atoms with van der Waals surface area (Å²) in [7, 11) is 0. The smallest absolute Gasteiger partial charge is 0.259 e. The second kappa shape index (κ2) is 7.35. The van der Waals surface area contributed by atoms with Gasteiger partial charge in [-0.05, 0) is 43.0 Å². The van der Waals surface area contributed by atoms with E-state index in [-0.39, 0.29) is 24.4 Å². The fraction of sp³-hybridized carbons (Fsp3) is 0.217. The lowest BCUT2D eigenvalue weighted by atomic mass is 10.1. The van der Waals surface area contributed by atoms with Gasteiger partial charge in [-0.25, -0.2) is 0 Å². The molecular formula is C23H22N2O3. The van der Waals surface area contributed by atoms with E-state index in [1.807, 2.05) is 74.5 Å². The number of nitrogens with one attached hydrogen (secondary N) is 1. The first kappa shape index (κ1) is 18.0. The van der Waals surface area contributed by atoms with Crippen molar-refractivity contribution in [2.24, 2.45) is 0 Å². The lowest BCUT2D eigenvalue weighted by Crippen LogP contribution is -2.44. The molecule has 0 spiro atoms. The van der Waals surface area contributed by atoms with Gasteiger partial charge < -0.3 is 10.1 Å². The van der Waals surface area contributed by atoms with Gasteiger partial charge in [0.15, 0.2) is 0 Å². The van der Waals surface area contributed by atoms with Crippen molar-refractivity contribution >= 4 is 28.3 Å². The molecule has 28 heavy (non-hydrogen) atoms. The fourth-order valence-electron chi connectivity index (χ4n) is 3.57. The number of carbonyl (C=O) groups excluding carboxylic acids is 2. The predicted octanol–water partition coefficient (Wildman–Crippen LogP) is 3.69. The summed E-state index contributed by atoms with van der Waals surface area (Å²) >= 11 is 0. The normalized spacial score (nSPS) is 13.6. The molecule has 0 aromatic heterocycles. The van der Waals surface area contributed by atoms with Gasteiger partial charge in [-0.3, -0.25) is 14.5 Å². The van der Waals surface area contributed by atoms with Gasteiger partial charge in [0, 0.05) is 10.9 Å². The summed E-state index contributed by atoms with van der Waals surface area (Å²) in [5.74, 6) is 0.463. The van der Waals surface area contributed by atoms with Crippen LogP contribution in [0.15, 0.2) is 60.7 Å². The van der Waals surface area contributed by atoms with Crippen LogP contribution in [0.2, 0.25) is 0 Å². The Bertz CT molecular complexity index is 1060. The number of para-hydroxylation sites is 1. The Morgan fingerprint density at radius 2 is 1.82 bits per heavy atom. The number of ether oxygens (including phenoxy) is 1. The van der Waals surface area contributed by atoms with Gasteiger partial charge in [0.05, 0.1) is 11.7 Å². The second-order valence-electron chi connectivity index (χ2n) is 7.12. The van der Waals surface area contributed by atoms with E-state index in [0.29, 0.717) is 12.2 Å². The van der Waals surface area contributed by atoms with Crippen molar-refractivity contribution in [3.8, 4) is 5.75 Å². The average Bonchev–Trinajstić information content (AvgIpc) is 2.95. The maximum absolute atomic E-state index is 12.8. The Balaban J connectivity index is 1.40. The number of anilines is 1. The third-order valence-electron chi connectivity index (χ3n) is 4.94. The molecule has 0 saturated heterocycles. The first-order chi connectivity index (χ1) is 13.5. The molecule has 0 fully saturated rings. The first-order valence-electron chi connectivity index (χ1n) is 9.36. The maximum Gasteiger partial charge on any atom is 0.259 e. The first-order valence-corrected chi connectivity index (χ1v) is 9.36. The molecule has 1 aliphatic rings. The van der Waals surface area contributed by atoms with E-state index in [0.717, 1.165) is 27.8 Å². The lowest BCUT2D eigenvalue weighted by molar-refractivity contribution is -0.120. The van der Waals surface area contributed by atoms with Gasteiger partial charge in [0.25, 0.3) is 5.91 Å². The Labute approximate surface area is 163 Å². The van der Waals surface area contributed by atoms with Crippen LogP contribution in [0.3, 0.4) is 0 Å². The van der Waals surface area contributed by atoms with Crippen LogP contribution in [0.4, 0.5) is 5.69 Å². The molecule has 1 atom stereocenters. The average molecular weight is 374 g/mol. The van der Waals surface area contributed by atoms with E-state index in [1.165, 1.54) is 0 Å². The summed E-state index contributed by atoms with van der Waals surface area (Å²) in [6, 6.07) is 19.0. The quantitative estimate of drug-likeness (QED) is 0.716. The summed E-state index contributed by atoms with van der Waals surface area (Å²) in [5.41, 5.74) is 2.49. The number of rotatable bonds is 6. The zero-order valence-corrected chi connectivity index (χ0v) is 15.9. The van der Waals surface area contributed by atoms with Gasteiger partial charge in [0.1, 0.15) is 18.9 Å². The molecule has 3 aromatic carbocycles. The van der Waals surface area contributed by atoms with Crippen LogP contribution >= 0.6 is 0 Å². The fourth-order valence-corrected chi connectivity index (χ4v) is 3.57. The van der Waals surface area contributed by atoms with Crippen LogP contribution in [0.1, 0.15) is 22.8 Å². The molecular weight excluding hydrogens is 352 g/mol. The SMILES string of the molecule is Cc1ccccc1OC[C@H](C)NC(=O)CN1C(=O)c2cccc3cccc1c23. The zero-order chi connectivity index (χ0) is 19.7. The van der Waals surface area contributed by atoms with Gasteiger partial charge in [0.2, 0.25) is 5.91 Å². The third kappa shape index (κ3) is 3.31. The van der Waals surface area contributed by atoms with Gasteiger partial charge in [-0.1, -0.05) is 42.5 Å². The molecule has 0 aliphatic carbocycles. The zero-order valence-electron chi connectivity index (χ0n) is 15.9. The highest BCUT2D eigenvalue weighted by molar-refractivity contribution is 6.26. The Morgan fingerprint density at radius 3 is 2.61 bits per heavy atom. The molecule has 0 bridgehead atoms. The highest BCUT2D eigenvalue weighted by Gasteiger charge is 2.31. The van der Waals surface area contributed by atoms with Crippen LogP contribution in [-0.2, 0) is 4.79 Å². The molecule has 1 aliphatic heterocycles. The molecule has 0 saturated carbocycles. The Hall–Kier alpha value is -3.34.